The Morgan fingerprint density at radius 1 is 1.00 bits per heavy atom. The van der Waals surface area contributed by atoms with Gasteiger partial charge in [0.25, 0.3) is 0 Å². The Morgan fingerprint density at radius 2 is 1.69 bits per heavy atom. The number of aromatic hydroxyl groups is 1. The van der Waals surface area contributed by atoms with Crippen molar-refractivity contribution in [3.63, 3.8) is 0 Å². The van der Waals surface area contributed by atoms with Crippen molar-refractivity contribution in [1.29, 1.82) is 0 Å². The second-order valence-electron chi connectivity index (χ2n) is 10.3. The minimum Gasteiger partial charge on any atom is -0.504 e. The molecule has 2 atom stereocenters. The normalized spacial score (nSPS) is 27.8. The van der Waals surface area contributed by atoms with Gasteiger partial charge in [-0.05, 0) is 41.4 Å². The van der Waals surface area contributed by atoms with Gasteiger partial charge in [0.05, 0.1) is 13.0 Å². The summed E-state index contributed by atoms with van der Waals surface area (Å²) in [6.07, 6.45) is 2.41. The van der Waals surface area contributed by atoms with Gasteiger partial charge in [-0.25, -0.2) is 0 Å². The van der Waals surface area contributed by atoms with Crippen LogP contribution in [0.2, 0.25) is 0 Å². The molecular weight excluding hydrogens is 366 g/mol. The SMILES string of the molecule is COc1cc(C2C3=C(CC(C)(C)CC3=O)N=C3CC(C)(C)CC(=O)C32)ccc1O. The summed E-state index contributed by atoms with van der Waals surface area (Å²) in [4.78, 5) is 31.4. The monoisotopic (exact) mass is 395 g/mol. The highest BCUT2D eigenvalue weighted by molar-refractivity contribution is 6.13. The summed E-state index contributed by atoms with van der Waals surface area (Å²) in [5.41, 5.74) is 2.96. The summed E-state index contributed by atoms with van der Waals surface area (Å²) in [6.45, 7) is 8.38. The predicted octanol–water partition coefficient (Wildman–Crippen LogP) is 4.59. The quantitative estimate of drug-likeness (QED) is 0.795. The lowest BCUT2D eigenvalue weighted by Gasteiger charge is -2.44. The molecule has 1 aliphatic heterocycles. The van der Waals surface area contributed by atoms with E-state index in [0.717, 1.165) is 29.8 Å². The fourth-order valence-corrected chi connectivity index (χ4v) is 5.26. The molecule has 29 heavy (non-hydrogen) atoms. The van der Waals surface area contributed by atoms with Gasteiger partial charge in [0.1, 0.15) is 5.78 Å². The zero-order valence-electron chi connectivity index (χ0n) is 17.8. The van der Waals surface area contributed by atoms with E-state index >= 15 is 0 Å². The van der Waals surface area contributed by atoms with Crippen molar-refractivity contribution in [2.24, 2.45) is 21.7 Å². The number of nitrogens with zero attached hydrogens (tertiary/aromatic N) is 1. The third kappa shape index (κ3) is 3.41. The molecule has 0 aromatic heterocycles. The number of rotatable bonds is 2. The number of ether oxygens (including phenoxy) is 1. The Morgan fingerprint density at radius 3 is 2.38 bits per heavy atom. The van der Waals surface area contributed by atoms with Crippen LogP contribution in [0.1, 0.15) is 64.9 Å². The van der Waals surface area contributed by atoms with E-state index in [0.29, 0.717) is 24.2 Å². The molecule has 154 valence electrons. The highest BCUT2D eigenvalue weighted by Gasteiger charge is 2.49. The minimum absolute atomic E-state index is 0.0439. The van der Waals surface area contributed by atoms with Crippen LogP contribution < -0.4 is 4.74 Å². The van der Waals surface area contributed by atoms with Crippen LogP contribution in [0, 0.1) is 16.7 Å². The van der Waals surface area contributed by atoms with Crippen molar-refractivity contribution in [2.75, 3.05) is 7.11 Å². The largest absolute Gasteiger partial charge is 0.504 e. The first-order valence-corrected chi connectivity index (χ1v) is 10.2. The van der Waals surface area contributed by atoms with Crippen LogP contribution in [0.25, 0.3) is 0 Å². The van der Waals surface area contributed by atoms with Crippen LogP contribution in [0.15, 0.2) is 34.5 Å². The van der Waals surface area contributed by atoms with Gasteiger partial charge in [0.15, 0.2) is 17.3 Å². The number of aliphatic imine (C=N–C) groups is 1. The van der Waals surface area contributed by atoms with Gasteiger partial charge in [0.2, 0.25) is 0 Å². The number of methoxy groups -OCH3 is 1. The molecule has 2 aliphatic carbocycles. The van der Waals surface area contributed by atoms with Crippen molar-refractivity contribution < 1.29 is 19.4 Å². The maximum Gasteiger partial charge on any atom is 0.161 e. The van der Waals surface area contributed by atoms with Crippen LogP contribution in [-0.2, 0) is 9.59 Å². The number of ketones is 2. The molecule has 5 nitrogen and oxygen atoms in total. The second-order valence-corrected chi connectivity index (χ2v) is 10.3. The summed E-state index contributed by atoms with van der Waals surface area (Å²) in [5.74, 6) is -0.168. The molecule has 0 saturated heterocycles. The van der Waals surface area contributed by atoms with E-state index in [4.69, 9.17) is 9.73 Å². The molecule has 0 radical (unpaired) electrons. The van der Waals surface area contributed by atoms with E-state index < -0.39 is 5.92 Å². The highest BCUT2D eigenvalue weighted by atomic mass is 16.5. The summed E-state index contributed by atoms with van der Waals surface area (Å²) >= 11 is 0. The number of phenolic OH excluding ortho intramolecular Hbond substituents is 1. The van der Waals surface area contributed by atoms with Gasteiger partial charge in [0, 0.05) is 35.7 Å². The smallest absolute Gasteiger partial charge is 0.161 e. The molecule has 3 aliphatic rings. The van der Waals surface area contributed by atoms with Gasteiger partial charge in [-0.2, -0.15) is 0 Å². The maximum atomic E-state index is 13.3. The minimum atomic E-state index is -0.416. The van der Waals surface area contributed by atoms with Crippen molar-refractivity contribution in [1.82, 2.24) is 0 Å². The van der Waals surface area contributed by atoms with Gasteiger partial charge in [-0.15, -0.1) is 0 Å². The molecule has 5 heteroatoms. The first-order chi connectivity index (χ1) is 13.5. The summed E-state index contributed by atoms with van der Waals surface area (Å²) in [5, 5.41) is 10.0. The topological polar surface area (TPSA) is 76.0 Å². The molecule has 1 aromatic rings. The second kappa shape index (κ2) is 6.54. The lowest BCUT2D eigenvalue weighted by molar-refractivity contribution is -0.124. The molecular formula is C24H29NO4. The van der Waals surface area contributed by atoms with Crippen molar-refractivity contribution in [2.45, 2.75) is 59.3 Å². The standard InChI is InChI=1S/C24H29NO4/c1-23(2)9-14-21(17(27)11-23)20(13-6-7-16(26)19(8-13)29-5)22-15(25-14)10-24(3,4)12-18(22)28/h6-8,20-21,26H,9-12H2,1-5H3. The molecule has 1 heterocycles. The first-order valence-electron chi connectivity index (χ1n) is 10.2. The number of Topliss-reactive ketones (excluding diaryl/α,β-unsaturated/α-hetero) is 2. The van der Waals surface area contributed by atoms with Gasteiger partial charge < -0.3 is 9.84 Å². The average Bonchev–Trinajstić information content (AvgIpc) is 2.58. The van der Waals surface area contributed by atoms with Crippen molar-refractivity contribution >= 4 is 17.3 Å². The molecule has 0 spiro atoms. The third-order valence-corrected chi connectivity index (χ3v) is 6.40. The van der Waals surface area contributed by atoms with Crippen LogP contribution in [0.3, 0.4) is 0 Å². The third-order valence-electron chi connectivity index (χ3n) is 6.40. The molecule has 1 aromatic carbocycles. The Labute approximate surface area is 171 Å². The van der Waals surface area contributed by atoms with Crippen LogP contribution >= 0.6 is 0 Å². The van der Waals surface area contributed by atoms with Crippen LogP contribution in [0.4, 0.5) is 0 Å². The number of benzene rings is 1. The fourth-order valence-electron chi connectivity index (χ4n) is 5.26. The lowest BCUT2D eigenvalue weighted by atomic mass is 9.60. The summed E-state index contributed by atoms with van der Waals surface area (Å²) in [7, 11) is 1.50. The van der Waals surface area contributed by atoms with E-state index in [9.17, 15) is 14.7 Å². The molecule has 0 bridgehead atoms. The van der Waals surface area contributed by atoms with Gasteiger partial charge >= 0.3 is 0 Å². The average molecular weight is 395 g/mol. The Kier molecular flexibility index (Phi) is 4.48. The molecule has 1 N–H and O–H groups in total. The first kappa shape index (κ1) is 19.9. The highest BCUT2D eigenvalue weighted by Crippen LogP contribution is 2.52. The van der Waals surface area contributed by atoms with Crippen molar-refractivity contribution in [3.05, 3.63) is 35.0 Å². The number of fused-ring (bicyclic) bond motifs is 1. The summed E-state index contributed by atoms with van der Waals surface area (Å²) in [6, 6.07) is 5.14. The Hall–Kier alpha value is -2.43. The number of allylic oxidation sites excluding steroid dienone is 2. The van der Waals surface area contributed by atoms with E-state index in [2.05, 4.69) is 27.7 Å². The maximum absolute atomic E-state index is 13.3. The number of carbonyl (C=O) groups is 2. The van der Waals surface area contributed by atoms with E-state index in [1.165, 1.54) is 7.11 Å². The van der Waals surface area contributed by atoms with E-state index in [1.807, 2.05) is 0 Å². The summed E-state index contributed by atoms with van der Waals surface area (Å²) < 4.78 is 5.30. The molecule has 4 rings (SSSR count). The molecule has 1 fully saturated rings. The molecule has 1 saturated carbocycles. The zero-order chi connectivity index (χ0) is 21.1. The number of hydrogen-bond acceptors (Lipinski definition) is 5. The molecule has 0 amide bonds. The van der Waals surface area contributed by atoms with E-state index in [-0.39, 0.29) is 34.1 Å². The van der Waals surface area contributed by atoms with Gasteiger partial charge in [-0.1, -0.05) is 33.8 Å². The van der Waals surface area contributed by atoms with Crippen LogP contribution in [0.5, 0.6) is 11.5 Å². The number of hydrogen-bond donors (Lipinski definition) is 1. The molecule has 2 unspecified atom stereocenters. The predicted molar refractivity (Wildman–Crippen MR) is 111 cm³/mol. The lowest BCUT2D eigenvalue weighted by Crippen LogP contribution is -2.45. The van der Waals surface area contributed by atoms with E-state index in [1.54, 1.807) is 18.2 Å². The number of phenols is 1. The van der Waals surface area contributed by atoms with Crippen molar-refractivity contribution in [3.8, 4) is 11.5 Å². The van der Waals surface area contributed by atoms with Crippen LogP contribution in [-0.4, -0.2) is 29.5 Å². The Bertz CT molecular complexity index is 967. The fraction of sp³-hybridized carbons (Fsp3) is 0.542. The Balaban J connectivity index is 1.92. The number of carbonyl (C=O) groups excluding carboxylic acids is 2. The van der Waals surface area contributed by atoms with Gasteiger partial charge in [-0.3, -0.25) is 14.6 Å². The zero-order valence-corrected chi connectivity index (χ0v) is 17.8.